The molecule has 3 N–H and O–H groups in total. The molecule has 26 heavy (non-hydrogen) atoms. The molecule has 0 radical (unpaired) electrons. The molecule has 144 valence electrons. The Morgan fingerprint density at radius 3 is 2.69 bits per heavy atom. The number of benzene rings is 1. The molecular formula is C20H31N3O2S. The van der Waals surface area contributed by atoms with Gasteiger partial charge in [0.25, 0.3) is 5.91 Å². The van der Waals surface area contributed by atoms with Gasteiger partial charge in [-0.15, -0.1) is 0 Å². The lowest BCUT2D eigenvalue weighted by Gasteiger charge is -2.34. The monoisotopic (exact) mass is 377 g/mol. The number of hydrogen-bond donors (Lipinski definition) is 3. The fourth-order valence-corrected chi connectivity index (χ4v) is 3.63. The topological polar surface area (TPSA) is 70.2 Å². The molecule has 1 aromatic rings. The highest BCUT2D eigenvalue weighted by Crippen LogP contribution is 2.26. The number of hydrogen-bond acceptors (Lipinski definition) is 4. The average Bonchev–Trinajstić information content (AvgIpc) is 2.63. The third-order valence-electron chi connectivity index (χ3n) is 5.01. The number of piperidine rings is 1. The lowest BCUT2D eigenvalue weighted by atomic mass is 9.81. The molecule has 0 saturated carbocycles. The van der Waals surface area contributed by atoms with E-state index in [-0.39, 0.29) is 17.2 Å². The summed E-state index contributed by atoms with van der Waals surface area (Å²) in [6, 6.07) is 6.94. The summed E-state index contributed by atoms with van der Waals surface area (Å²) in [5.41, 5.74) is 1.75. The largest absolute Gasteiger partial charge is 0.354 e. The van der Waals surface area contributed by atoms with Gasteiger partial charge in [0.1, 0.15) is 6.04 Å². The molecule has 0 aromatic heterocycles. The minimum absolute atomic E-state index is 0.0835. The van der Waals surface area contributed by atoms with Gasteiger partial charge in [-0.3, -0.25) is 9.59 Å². The van der Waals surface area contributed by atoms with Crippen LogP contribution < -0.4 is 16.0 Å². The van der Waals surface area contributed by atoms with E-state index in [9.17, 15) is 9.59 Å². The molecule has 1 saturated heterocycles. The van der Waals surface area contributed by atoms with Gasteiger partial charge in [0.2, 0.25) is 5.91 Å². The van der Waals surface area contributed by atoms with Crippen molar-refractivity contribution in [2.45, 2.75) is 39.2 Å². The molecule has 5 nitrogen and oxygen atoms in total. The number of aryl methyl sites for hydroxylation is 1. The van der Waals surface area contributed by atoms with E-state index in [0.29, 0.717) is 18.5 Å². The molecular weight excluding hydrogens is 346 g/mol. The van der Waals surface area contributed by atoms with E-state index in [1.807, 2.05) is 31.4 Å². The van der Waals surface area contributed by atoms with Crippen LogP contribution in [0.3, 0.4) is 0 Å². The molecule has 6 heteroatoms. The first-order valence-corrected chi connectivity index (χ1v) is 10.7. The lowest BCUT2D eigenvalue weighted by Crippen LogP contribution is -2.50. The van der Waals surface area contributed by atoms with Gasteiger partial charge in [-0.05, 0) is 68.8 Å². The fraction of sp³-hybridized carbons (Fsp3) is 0.600. The van der Waals surface area contributed by atoms with Crippen molar-refractivity contribution in [3.8, 4) is 0 Å². The van der Waals surface area contributed by atoms with Crippen molar-refractivity contribution in [1.82, 2.24) is 16.0 Å². The predicted octanol–water partition coefficient (Wildman–Crippen LogP) is 2.35. The first kappa shape index (κ1) is 20.8. The van der Waals surface area contributed by atoms with E-state index >= 15 is 0 Å². The van der Waals surface area contributed by atoms with Crippen LogP contribution in [0.25, 0.3) is 0 Å². The molecule has 1 aromatic carbocycles. The van der Waals surface area contributed by atoms with Crippen LogP contribution in [0.15, 0.2) is 24.3 Å². The molecule has 1 aliphatic heterocycles. The Bertz CT molecular complexity index is 615. The van der Waals surface area contributed by atoms with E-state index in [0.717, 1.165) is 37.2 Å². The van der Waals surface area contributed by atoms with E-state index in [4.69, 9.17) is 0 Å². The summed E-state index contributed by atoms with van der Waals surface area (Å²) >= 11 is 1.68. The highest BCUT2D eigenvalue weighted by atomic mass is 32.2. The molecule has 1 heterocycles. The summed E-state index contributed by atoms with van der Waals surface area (Å²) in [5, 5.41) is 9.35. The van der Waals surface area contributed by atoms with Crippen LogP contribution >= 0.6 is 11.8 Å². The first-order chi connectivity index (χ1) is 12.4. The van der Waals surface area contributed by atoms with Gasteiger partial charge in [-0.25, -0.2) is 0 Å². The maximum atomic E-state index is 12.7. The number of amides is 2. The standard InChI is InChI=1S/C20H31N3O2S/c1-15-5-4-6-16(13-15)18(24)23-17(7-12-26-3)19(25)22-14-20(2)8-10-21-11-9-20/h4-6,13,17,21H,7-12,14H2,1-3H3,(H,22,25)(H,23,24). The fourth-order valence-electron chi connectivity index (χ4n) is 3.16. The SMILES string of the molecule is CSCCC(NC(=O)c1cccc(C)c1)C(=O)NCC1(C)CCNCC1. The average molecular weight is 378 g/mol. The molecule has 0 spiro atoms. The predicted molar refractivity (Wildman–Crippen MR) is 109 cm³/mol. The zero-order valence-corrected chi connectivity index (χ0v) is 16.9. The van der Waals surface area contributed by atoms with Crippen molar-refractivity contribution in [2.24, 2.45) is 5.41 Å². The Kier molecular flexibility index (Phi) is 7.97. The maximum absolute atomic E-state index is 12.7. The number of carbonyl (C=O) groups excluding carboxylic acids is 2. The Morgan fingerprint density at radius 1 is 1.31 bits per heavy atom. The summed E-state index contributed by atoms with van der Waals surface area (Å²) in [5.74, 6) is 0.552. The molecule has 1 atom stereocenters. The van der Waals surface area contributed by atoms with E-state index in [1.165, 1.54) is 0 Å². The zero-order valence-electron chi connectivity index (χ0n) is 16.1. The molecule has 0 bridgehead atoms. The van der Waals surface area contributed by atoms with Gasteiger partial charge >= 0.3 is 0 Å². The van der Waals surface area contributed by atoms with Crippen LogP contribution in [-0.2, 0) is 4.79 Å². The summed E-state index contributed by atoms with van der Waals surface area (Å²) < 4.78 is 0. The summed E-state index contributed by atoms with van der Waals surface area (Å²) in [6.07, 6.45) is 4.74. The molecule has 2 rings (SSSR count). The molecule has 1 aliphatic rings. The second-order valence-corrected chi connectivity index (χ2v) is 8.44. The third kappa shape index (κ3) is 6.32. The number of carbonyl (C=O) groups is 2. The van der Waals surface area contributed by atoms with Crippen molar-refractivity contribution < 1.29 is 9.59 Å². The summed E-state index contributed by atoms with van der Waals surface area (Å²) in [7, 11) is 0. The molecule has 1 fully saturated rings. The normalized spacial score (nSPS) is 17.3. The van der Waals surface area contributed by atoms with Crippen LogP contribution in [0, 0.1) is 12.3 Å². The van der Waals surface area contributed by atoms with Crippen LogP contribution in [0.1, 0.15) is 42.1 Å². The van der Waals surface area contributed by atoms with Gasteiger partial charge in [-0.2, -0.15) is 11.8 Å². The van der Waals surface area contributed by atoms with E-state index in [2.05, 4.69) is 22.9 Å². The van der Waals surface area contributed by atoms with Gasteiger partial charge in [0, 0.05) is 12.1 Å². The lowest BCUT2D eigenvalue weighted by molar-refractivity contribution is -0.123. The Balaban J connectivity index is 1.96. The second-order valence-electron chi connectivity index (χ2n) is 7.46. The van der Waals surface area contributed by atoms with Crippen molar-refractivity contribution in [1.29, 1.82) is 0 Å². The van der Waals surface area contributed by atoms with Crippen molar-refractivity contribution in [3.63, 3.8) is 0 Å². The maximum Gasteiger partial charge on any atom is 0.251 e. The van der Waals surface area contributed by atoms with Gasteiger partial charge < -0.3 is 16.0 Å². The number of nitrogens with one attached hydrogen (secondary N) is 3. The van der Waals surface area contributed by atoms with Crippen LogP contribution in [0.5, 0.6) is 0 Å². The van der Waals surface area contributed by atoms with Crippen LogP contribution in [0.4, 0.5) is 0 Å². The Hall–Kier alpha value is -1.53. The molecule has 1 unspecified atom stereocenters. The molecule has 2 amide bonds. The van der Waals surface area contributed by atoms with Gasteiger partial charge in [-0.1, -0.05) is 24.6 Å². The van der Waals surface area contributed by atoms with Crippen molar-refractivity contribution in [2.75, 3.05) is 31.6 Å². The minimum atomic E-state index is -0.499. The van der Waals surface area contributed by atoms with Crippen LogP contribution in [0.2, 0.25) is 0 Å². The van der Waals surface area contributed by atoms with Crippen molar-refractivity contribution in [3.05, 3.63) is 35.4 Å². The number of rotatable bonds is 8. The summed E-state index contributed by atoms with van der Waals surface area (Å²) in [6.45, 7) is 6.81. The Morgan fingerprint density at radius 2 is 2.04 bits per heavy atom. The minimum Gasteiger partial charge on any atom is -0.354 e. The summed E-state index contributed by atoms with van der Waals surface area (Å²) in [4.78, 5) is 25.3. The number of thioether (sulfide) groups is 1. The first-order valence-electron chi connectivity index (χ1n) is 9.28. The van der Waals surface area contributed by atoms with E-state index < -0.39 is 6.04 Å². The second kappa shape index (κ2) is 9.97. The highest BCUT2D eigenvalue weighted by molar-refractivity contribution is 7.98. The van der Waals surface area contributed by atoms with E-state index in [1.54, 1.807) is 17.8 Å². The Labute approximate surface area is 161 Å². The smallest absolute Gasteiger partial charge is 0.251 e. The quantitative estimate of drug-likeness (QED) is 0.650. The van der Waals surface area contributed by atoms with Crippen LogP contribution in [-0.4, -0.2) is 49.5 Å². The third-order valence-corrected chi connectivity index (χ3v) is 5.66. The zero-order chi connectivity index (χ0) is 19.0. The van der Waals surface area contributed by atoms with Gasteiger partial charge in [0.05, 0.1) is 0 Å². The van der Waals surface area contributed by atoms with Crippen molar-refractivity contribution >= 4 is 23.6 Å². The van der Waals surface area contributed by atoms with Gasteiger partial charge in [0.15, 0.2) is 0 Å². The highest BCUT2D eigenvalue weighted by Gasteiger charge is 2.29. The molecule has 0 aliphatic carbocycles.